The number of pyridine rings is 2. The van der Waals surface area contributed by atoms with Crippen molar-refractivity contribution in [2.45, 2.75) is 37.5 Å². The molecular weight excluding hydrogens is 302 g/mol. The van der Waals surface area contributed by atoms with Gasteiger partial charge in [-0.1, -0.05) is 12.1 Å². The van der Waals surface area contributed by atoms with Gasteiger partial charge in [-0.15, -0.1) is 0 Å². The quantitative estimate of drug-likeness (QED) is 0.865. The molecule has 0 amide bonds. The van der Waals surface area contributed by atoms with Crippen LogP contribution in [0.3, 0.4) is 0 Å². The van der Waals surface area contributed by atoms with E-state index >= 15 is 0 Å². The SMILES string of the molecule is c1ccc(OC2COC3(CCN(Cc4cccnc4)CC3)C2)nc1. The van der Waals surface area contributed by atoms with Crippen LogP contribution in [-0.4, -0.2) is 46.3 Å². The number of hydrogen-bond donors (Lipinski definition) is 0. The van der Waals surface area contributed by atoms with E-state index in [1.165, 1.54) is 5.56 Å². The molecule has 1 spiro atoms. The Balaban J connectivity index is 1.29. The van der Waals surface area contributed by atoms with Crippen LogP contribution >= 0.6 is 0 Å². The summed E-state index contributed by atoms with van der Waals surface area (Å²) in [6, 6.07) is 9.89. The van der Waals surface area contributed by atoms with E-state index in [1.54, 1.807) is 6.20 Å². The van der Waals surface area contributed by atoms with Crippen LogP contribution in [0, 0.1) is 0 Å². The first-order valence-corrected chi connectivity index (χ1v) is 8.64. The molecule has 24 heavy (non-hydrogen) atoms. The molecule has 126 valence electrons. The summed E-state index contributed by atoms with van der Waals surface area (Å²) in [5, 5.41) is 0. The summed E-state index contributed by atoms with van der Waals surface area (Å²) in [5.41, 5.74) is 1.27. The Morgan fingerprint density at radius 2 is 2.08 bits per heavy atom. The molecule has 2 aliphatic heterocycles. The maximum atomic E-state index is 6.17. The average Bonchev–Trinajstić information content (AvgIpc) is 3.01. The van der Waals surface area contributed by atoms with E-state index in [4.69, 9.17) is 9.47 Å². The van der Waals surface area contributed by atoms with Crippen LogP contribution in [0.5, 0.6) is 5.88 Å². The van der Waals surface area contributed by atoms with Crippen LogP contribution in [0.1, 0.15) is 24.8 Å². The Bertz CT molecular complexity index is 642. The van der Waals surface area contributed by atoms with Gasteiger partial charge < -0.3 is 9.47 Å². The molecule has 4 rings (SSSR count). The third-order valence-corrected chi connectivity index (χ3v) is 5.00. The number of piperidine rings is 1. The Morgan fingerprint density at radius 1 is 1.17 bits per heavy atom. The molecule has 1 unspecified atom stereocenters. The van der Waals surface area contributed by atoms with Crippen molar-refractivity contribution in [1.29, 1.82) is 0 Å². The zero-order valence-corrected chi connectivity index (χ0v) is 13.8. The van der Waals surface area contributed by atoms with Crippen molar-refractivity contribution >= 4 is 0 Å². The van der Waals surface area contributed by atoms with Gasteiger partial charge in [0.25, 0.3) is 0 Å². The van der Waals surface area contributed by atoms with Gasteiger partial charge in [0.05, 0.1) is 12.2 Å². The third-order valence-electron chi connectivity index (χ3n) is 5.00. The molecule has 5 nitrogen and oxygen atoms in total. The van der Waals surface area contributed by atoms with E-state index in [0.717, 1.165) is 38.9 Å². The second-order valence-corrected chi connectivity index (χ2v) is 6.74. The van der Waals surface area contributed by atoms with E-state index in [1.807, 2.05) is 36.7 Å². The number of ether oxygens (including phenoxy) is 2. The maximum absolute atomic E-state index is 6.17. The number of aromatic nitrogens is 2. The molecule has 5 heteroatoms. The van der Waals surface area contributed by atoms with E-state index in [0.29, 0.717) is 12.5 Å². The summed E-state index contributed by atoms with van der Waals surface area (Å²) in [5.74, 6) is 0.692. The molecule has 4 heterocycles. The zero-order chi connectivity index (χ0) is 16.2. The fraction of sp³-hybridized carbons (Fsp3) is 0.474. The van der Waals surface area contributed by atoms with Crippen molar-refractivity contribution in [3.63, 3.8) is 0 Å². The van der Waals surface area contributed by atoms with Gasteiger partial charge in [-0.3, -0.25) is 9.88 Å². The Kier molecular flexibility index (Phi) is 4.45. The van der Waals surface area contributed by atoms with Gasteiger partial charge in [0.2, 0.25) is 5.88 Å². The van der Waals surface area contributed by atoms with Crippen molar-refractivity contribution in [3.05, 3.63) is 54.5 Å². The van der Waals surface area contributed by atoms with Crippen molar-refractivity contribution in [2.75, 3.05) is 19.7 Å². The smallest absolute Gasteiger partial charge is 0.213 e. The summed E-state index contributed by atoms with van der Waals surface area (Å²) >= 11 is 0. The van der Waals surface area contributed by atoms with E-state index in [2.05, 4.69) is 20.9 Å². The van der Waals surface area contributed by atoms with Gasteiger partial charge in [0.15, 0.2) is 0 Å². The first-order valence-electron chi connectivity index (χ1n) is 8.64. The summed E-state index contributed by atoms with van der Waals surface area (Å²) in [6.45, 7) is 3.76. The largest absolute Gasteiger partial charge is 0.472 e. The maximum Gasteiger partial charge on any atom is 0.213 e. The summed E-state index contributed by atoms with van der Waals surface area (Å²) < 4.78 is 12.1. The molecule has 0 aliphatic carbocycles. The minimum atomic E-state index is -0.00904. The first kappa shape index (κ1) is 15.5. The van der Waals surface area contributed by atoms with Gasteiger partial charge in [0, 0.05) is 50.7 Å². The summed E-state index contributed by atoms with van der Waals surface area (Å²) in [6.07, 6.45) is 8.74. The third kappa shape index (κ3) is 3.57. The highest BCUT2D eigenvalue weighted by Gasteiger charge is 2.43. The highest BCUT2D eigenvalue weighted by atomic mass is 16.6. The van der Waals surface area contributed by atoms with Crippen LogP contribution in [0.4, 0.5) is 0 Å². The van der Waals surface area contributed by atoms with Crippen LogP contribution in [-0.2, 0) is 11.3 Å². The van der Waals surface area contributed by atoms with Gasteiger partial charge in [-0.05, 0) is 30.5 Å². The Labute approximate surface area is 142 Å². The van der Waals surface area contributed by atoms with Crippen molar-refractivity contribution in [2.24, 2.45) is 0 Å². The lowest BCUT2D eigenvalue weighted by Gasteiger charge is -2.38. The number of nitrogens with zero attached hydrogens (tertiary/aromatic N) is 3. The van der Waals surface area contributed by atoms with E-state index < -0.39 is 0 Å². The Hall–Kier alpha value is -1.98. The average molecular weight is 325 g/mol. The molecule has 0 bridgehead atoms. The molecule has 1 atom stereocenters. The minimum Gasteiger partial charge on any atom is -0.472 e. The molecule has 2 fully saturated rings. The lowest BCUT2D eigenvalue weighted by molar-refractivity contribution is -0.0455. The fourth-order valence-corrected chi connectivity index (χ4v) is 3.68. The summed E-state index contributed by atoms with van der Waals surface area (Å²) in [7, 11) is 0. The first-order chi connectivity index (χ1) is 11.8. The standard InChI is InChI=1S/C19H23N3O2/c1-2-9-21-18(5-1)24-17-12-19(23-15-17)6-10-22(11-7-19)14-16-4-3-8-20-13-16/h1-5,8-9,13,17H,6-7,10-12,14-15H2. The van der Waals surface area contributed by atoms with Crippen molar-refractivity contribution in [1.82, 2.24) is 14.9 Å². The highest BCUT2D eigenvalue weighted by molar-refractivity contribution is 5.11. The monoisotopic (exact) mass is 325 g/mol. The molecule has 2 aromatic rings. The van der Waals surface area contributed by atoms with E-state index in [-0.39, 0.29) is 11.7 Å². The predicted molar refractivity (Wildman–Crippen MR) is 90.7 cm³/mol. The normalized spacial score (nSPS) is 23.4. The molecular formula is C19H23N3O2. The zero-order valence-electron chi connectivity index (χ0n) is 13.8. The van der Waals surface area contributed by atoms with Crippen LogP contribution in [0.2, 0.25) is 0 Å². The summed E-state index contributed by atoms with van der Waals surface area (Å²) in [4.78, 5) is 10.9. The van der Waals surface area contributed by atoms with Gasteiger partial charge >= 0.3 is 0 Å². The molecule has 0 aromatic carbocycles. The number of likely N-dealkylation sites (tertiary alicyclic amines) is 1. The predicted octanol–water partition coefficient (Wildman–Crippen LogP) is 2.68. The topological polar surface area (TPSA) is 47.5 Å². The van der Waals surface area contributed by atoms with Crippen LogP contribution < -0.4 is 4.74 Å². The van der Waals surface area contributed by atoms with Gasteiger partial charge in [-0.2, -0.15) is 0 Å². The van der Waals surface area contributed by atoms with Gasteiger partial charge in [-0.25, -0.2) is 4.98 Å². The van der Waals surface area contributed by atoms with E-state index in [9.17, 15) is 0 Å². The second-order valence-electron chi connectivity index (χ2n) is 6.74. The lowest BCUT2D eigenvalue weighted by Crippen LogP contribution is -2.44. The van der Waals surface area contributed by atoms with Crippen molar-refractivity contribution in [3.8, 4) is 5.88 Å². The van der Waals surface area contributed by atoms with Crippen molar-refractivity contribution < 1.29 is 9.47 Å². The second kappa shape index (κ2) is 6.87. The highest BCUT2D eigenvalue weighted by Crippen LogP contribution is 2.37. The number of hydrogen-bond acceptors (Lipinski definition) is 5. The number of rotatable bonds is 4. The lowest BCUT2D eigenvalue weighted by atomic mass is 9.88. The molecule has 2 aromatic heterocycles. The fourth-order valence-electron chi connectivity index (χ4n) is 3.68. The molecule has 0 saturated carbocycles. The Morgan fingerprint density at radius 3 is 2.83 bits per heavy atom. The molecule has 2 aliphatic rings. The van der Waals surface area contributed by atoms with Crippen LogP contribution in [0.15, 0.2) is 48.9 Å². The van der Waals surface area contributed by atoms with Crippen LogP contribution in [0.25, 0.3) is 0 Å². The van der Waals surface area contributed by atoms with Gasteiger partial charge in [0.1, 0.15) is 6.10 Å². The molecule has 0 N–H and O–H groups in total. The molecule has 2 saturated heterocycles. The minimum absolute atomic E-state index is 0.00904. The molecule has 0 radical (unpaired) electrons.